The van der Waals surface area contributed by atoms with Crippen LogP contribution >= 0.6 is 11.3 Å². The molecule has 114 valence electrons. The van der Waals surface area contributed by atoms with Crippen LogP contribution in [0.2, 0.25) is 0 Å². The number of rotatable bonds is 3. The minimum atomic E-state index is -0.305. The van der Waals surface area contributed by atoms with Crippen molar-refractivity contribution in [1.29, 1.82) is 0 Å². The van der Waals surface area contributed by atoms with Gasteiger partial charge < -0.3 is 9.31 Å². The van der Waals surface area contributed by atoms with E-state index in [1.54, 1.807) is 11.3 Å². The molecule has 0 unspecified atom stereocenters. The molecule has 0 bridgehead atoms. The van der Waals surface area contributed by atoms with E-state index in [-0.39, 0.29) is 18.3 Å². The third-order valence-corrected chi connectivity index (χ3v) is 4.96. The molecular formula is C17H20BNO2S. The minimum absolute atomic E-state index is 0.304. The summed E-state index contributed by atoms with van der Waals surface area (Å²) in [6.07, 6.45) is 4.07. The van der Waals surface area contributed by atoms with Gasteiger partial charge in [-0.1, -0.05) is 30.3 Å². The molecule has 3 nitrogen and oxygen atoms in total. The molecule has 22 heavy (non-hydrogen) atoms. The van der Waals surface area contributed by atoms with Gasteiger partial charge in [0.2, 0.25) is 0 Å². The second-order valence-electron chi connectivity index (χ2n) is 6.50. The van der Waals surface area contributed by atoms with Crippen LogP contribution in [0, 0.1) is 0 Å². The first-order chi connectivity index (χ1) is 10.4. The number of aromatic nitrogens is 1. The average molecular weight is 313 g/mol. The number of thiazole rings is 1. The lowest BCUT2D eigenvalue weighted by Crippen LogP contribution is -2.41. The highest BCUT2D eigenvalue weighted by molar-refractivity contribution is 7.07. The largest absolute Gasteiger partial charge is 0.494 e. The highest BCUT2D eigenvalue weighted by Crippen LogP contribution is 2.36. The molecule has 1 aromatic heterocycles. The maximum Gasteiger partial charge on any atom is 0.494 e. The van der Waals surface area contributed by atoms with E-state index in [1.165, 1.54) is 0 Å². The molecule has 0 atom stereocenters. The Labute approximate surface area is 136 Å². The molecule has 3 rings (SSSR count). The van der Waals surface area contributed by atoms with Crippen LogP contribution in [-0.2, 0) is 9.31 Å². The van der Waals surface area contributed by atoms with E-state index in [9.17, 15) is 0 Å². The van der Waals surface area contributed by atoms with Gasteiger partial charge in [0.15, 0.2) is 0 Å². The van der Waals surface area contributed by atoms with Crippen LogP contribution < -0.4 is 5.46 Å². The fourth-order valence-electron chi connectivity index (χ4n) is 2.23. The Balaban J connectivity index is 1.73. The summed E-state index contributed by atoms with van der Waals surface area (Å²) in [4.78, 5) is 4.24. The van der Waals surface area contributed by atoms with Crippen molar-refractivity contribution >= 4 is 36.1 Å². The lowest BCUT2D eigenvalue weighted by molar-refractivity contribution is 0.00578. The van der Waals surface area contributed by atoms with Gasteiger partial charge in [0.25, 0.3) is 0 Å². The highest BCUT2D eigenvalue weighted by Gasteiger charge is 2.51. The van der Waals surface area contributed by atoms with E-state index < -0.39 is 0 Å². The van der Waals surface area contributed by atoms with Crippen molar-refractivity contribution in [2.75, 3.05) is 0 Å². The normalized spacial score (nSPS) is 19.9. The molecule has 1 aliphatic rings. The third-order valence-electron chi connectivity index (χ3n) is 4.36. The molecule has 0 radical (unpaired) electrons. The SMILES string of the molecule is CC1(C)OB(c2ccc(/C=C/c3cscn3)cc2)OC1(C)C. The molecule has 2 heterocycles. The molecule has 0 spiro atoms. The Kier molecular flexibility index (Phi) is 3.97. The number of hydrogen-bond acceptors (Lipinski definition) is 4. The standard InChI is InChI=1S/C17H20BNO2S/c1-16(2)17(3,4)21-18(20-16)14-8-5-13(6-9-14)7-10-15-11-22-12-19-15/h5-12H,1-4H3/b10-7+. The predicted molar refractivity (Wildman–Crippen MR) is 93.2 cm³/mol. The molecule has 1 fully saturated rings. The molecule has 5 heteroatoms. The zero-order chi connectivity index (χ0) is 15.8. The summed E-state index contributed by atoms with van der Waals surface area (Å²) in [5, 5.41) is 2.02. The number of benzene rings is 1. The smallest absolute Gasteiger partial charge is 0.399 e. The van der Waals surface area contributed by atoms with Crippen molar-refractivity contribution in [3.63, 3.8) is 0 Å². The zero-order valence-electron chi connectivity index (χ0n) is 13.4. The molecule has 0 aliphatic carbocycles. The minimum Gasteiger partial charge on any atom is -0.399 e. The van der Waals surface area contributed by atoms with Gasteiger partial charge in [0.1, 0.15) is 0 Å². The van der Waals surface area contributed by atoms with Crippen LogP contribution in [0.15, 0.2) is 35.2 Å². The first-order valence-corrected chi connectivity index (χ1v) is 8.34. The van der Waals surface area contributed by atoms with E-state index in [4.69, 9.17) is 9.31 Å². The molecule has 1 saturated heterocycles. The van der Waals surface area contributed by atoms with Gasteiger partial charge in [-0.05, 0) is 44.8 Å². The summed E-state index contributed by atoms with van der Waals surface area (Å²) >= 11 is 1.60. The molecule has 2 aromatic rings. The monoisotopic (exact) mass is 313 g/mol. The molecule has 0 saturated carbocycles. The summed E-state index contributed by atoms with van der Waals surface area (Å²) in [5.74, 6) is 0. The summed E-state index contributed by atoms with van der Waals surface area (Å²) in [7, 11) is -0.304. The topological polar surface area (TPSA) is 31.4 Å². The van der Waals surface area contributed by atoms with Gasteiger partial charge >= 0.3 is 7.12 Å². The van der Waals surface area contributed by atoms with Crippen LogP contribution in [-0.4, -0.2) is 23.3 Å². The summed E-state index contributed by atoms with van der Waals surface area (Å²) in [6, 6.07) is 8.26. The van der Waals surface area contributed by atoms with Gasteiger partial charge in [-0.2, -0.15) is 0 Å². The van der Waals surface area contributed by atoms with E-state index in [2.05, 4.69) is 63.0 Å². The Morgan fingerprint density at radius 3 is 2.18 bits per heavy atom. The van der Waals surface area contributed by atoms with Crippen molar-refractivity contribution in [2.24, 2.45) is 0 Å². The van der Waals surface area contributed by atoms with Crippen LogP contribution in [0.3, 0.4) is 0 Å². The lowest BCUT2D eigenvalue weighted by atomic mass is 9.79. The molecule has 1 aromatic carbocycles. The predicted octanol–water partition coefficient (Wildman–Crippen LogP) is 3.61. The zero-order valence-corrected chi connectivity index (χ0v) is 14.2. The fourth-order valence-corrected chi connectivity index (χ4v) is 2.75. The van der Waals surface area contributed by atoms with Gasteiger partial charge in [-0.15, -0.1) is 11.3 Å². The van der Waals surface area contributed by atoms with Gasteiger partial charge in [-0.25, -0.2) is 4.98 Å². The van der Waals surface area contributed by atoms with E-state index in [0.29, 0.717) is 0 Å². The number of hydrogen-bond donors (Lipinski definition) is 0. The Bertz CT molecular complexity index is 646. The first kappa shape index (κ1) is 15.5. The average Bonchev–Trinajstić information content (AvgIpc) is 3.04. The lowest BCUT2D eigenvalue weighted by Gasteiger charge is -2.32. The van der Waals surface area contributed by atoms with Gasteiger partial charge in [0, 0.05) is 5.38 Å². The maximum atomic E-state index is 6.06. The van der Waals surface area contributed by atoms with E-state index in [0.717, 1.165) is 16.7 Å². The molecule has 1 aliphatic heterocycles. The second-order valence-corrected chi connectivity index (χ2v) is 7.22. The quantitative estimate of drug-likeness (QED) is 0.811. The molecule has 0 N–H and O–H groups in total. The Morgan fingerprint density at radius 2 is 1.64 bits per heavy atom. The van der Waals surface area contributed by atoms with Crippen molar-refractivity contribution in [3.8, 4) is 0 Å². The van der Waals surface area contributed by atoms with E-state index in [1.807, 2.05) is 17.0 Å². The summed E-state index contributed by atoms with van der Waals surface area (Å²) in [5.41, 5.74) is 4.39. The third kappa shape index (κ3) is 3.02. The van der Waals surface area contributed by atoms with Crippen LogP contribution in [0.25, 0.3) is 12.2 Å². The van der Waals surface area contributed by atoms with Crippen LogP contribution in [0.4, 0.5) is 0 Å². The fraction of sp³-hybridized carbons (Fsp3) is 0.353. The van der Waals surface area contributed by atoms with Crippen molar-refractivity contribution in [2.45, 2.75) is 38.9 Å². The second kappa shape index (κ2) is 5.65. The van der Waals surface area contributed by atoms with Crippen molar-refractivity contribution < 1.29 is 9.31 Å². The van der Waals surface area contributed by atoms with Crippen molar-refractivity contribution in [1.82, 2.24) is 4.98 Å². The Hall–Kier alpha value is -1.43. The van der Waals surface area contributed by atoms with Crippen LogP contribution in [0.1, 0.15) is 39.0 Å². The Morgan fingerprint density at radius 1 is 1.00 bits per heavy atom. The first-order valence-electron chi connectivity index (χ1n) is 7.39. The molecule has 0 amide bonds. The highest BCUT2D eigenvalue weighted by atomic mass is 32.1. The van der Waals surface area contributed by atoms with Gasteiger partial charge in [0.05, 0.1) is 22.4 Å². The van der Waals surface area contributed by atoms with Crippen LogP contribution in [0.5, 0.6) is 0 Å². The van der Waals surface area contributed by atoms with Gasteiger partial charge in [-0.3, -0.25) is 0 Å². The van der Waals surface area contributed by atoms with Crippen molar-refractivity contribution in [3.05, 3.63) is 46.4 Å². The summed E-state index contributed by atoms with van der Waals surface area (Å²) < 4.78 is 12.1. The molecular weight excluding hydrogens is 293 g/mol. The maximum absolute atomic E-state index is 6.06. The summed E-state index contributed by atoms with van der Waals surface area (Å²) in [6.45, 7) is 8.27. The number of nitrogens with zero attached hydrogens (tertiary/aromatic N) is 1. The van der Waals surface area contributed by atoms with E-state index >= 15 is 0 Å².